The van der Waals surface area contributed by atoms with E-state index >= 15 is 0 Å². The normalized spacial score (nSPS) is 21.0. The van der Waals surface area contributed by atoms with Gasteiger partial charge in [-0.15, -0.1) is 0 Å². The van der Waals surface area contributed by atoms with Crippen LogP contribution < -0.4 is 0 Å². The Kier molecular flexibility index (Phi) is 6.03. The van der Waals surface area contributed by atoms with Gasteiger partial charge in [0.25, 0.3) is 0 Å². The average Bonchev–Trinajstić information content (AvgIpc) is 2.92. The van der Waals surface area contributed by atoms with Crippen molar-refractivity contribution >= 4 is 15.9 Å². The lowest BCUT2D eigenvalue weighted by Crippen LogP contribution is -2.51. The van der Waals surface area contributed by atoms with Crippen LogP contribution in [0.5, 0.6) is 0 Å². The molecule has 8 heteroatoms. The van der Waals surface area contributed by atoms with Gasteiger partial charge in [0.15, 0.2) is 0 Å². The molecule has 2 fully saturated rings. The summed E-state index contributed by atoms with van der Waals surface area (Å²) >= 11 is 0. The summed E-state index contributed by atoms with van der Waals surface area (Å²) in [5.74, 6) is 0.172. The number of hydrogen-bond donors (Lipinski definition) is 0. The molecule has 0 aromatic carbocycles. The quantitative estimate of drug-likeness (QED) is 0.788. The van der Waals surface area contributed by atoms with Gasteiger partial charge in [0.05, 0.1) is 6.54 Å². The number of pyridine rings is 1. The number of carbonyl (C=O) groups is 1. The molecule has 1 aromatic heterocycles. The summed E-state index contributed by atoms with van der Waals surface area (Å²) < 4.78 is 26.7. The molecular weight excluding hydrogens is 340 g/mol. The third-order valence-corrected chi connectivity index (χ3v) is 6.80. The van der Waals surface area contributed by atoms with Gasteiger partial charge in [-0.25, -0.2) is 8.42 Å². The highest BCUT2D eigenvalue weighted by Gasteiger charge is 2.29. The van der Waals surface area contributed by atoms with Crippen molar-refractivity contribution in [2.75, 3.05) is 45.8 Å². The molecule has 0 N–H and O–H groups in total. The number of carbonyl (C=O) groups excluding carboxylic acids is 1. The molecule has 3 rings (SSSR count). The Morgan fingerprint density at radius 1 is 1.00 bits per heavy atom. The van der Waals surface area contributed by atoms with Crippen LogP contribution in [0.2, 0.25) is 0 Å². The lowest BCUT2D eigenvalue weighted by Gasteiger charge is -2.34. The zero-order valence-electron chi connectivity index (χ0n) is 14.5. The summed E-state index contributed by atoms with van der Waals surface area (Å²) in [7, 11) is -3.49. The Morgan fingerprint density at radius 2 is 1.68 bits per heavy atom. The lowest BCUT2D eigenvalue weighted by atomic mass is 10.2. The summed E-state index contributed by atoms with van der Waals surface area (Å²) in [4.78, 5) is 20.6. The average molecular weight is 366 g/mol. The zero-order valence-corrected chi connectivity index (χ0v) is 15.3. The van der Waals surface area contributed by atoms with Crippen molar-refractivity contribution in [1.82, 2.24) is 19.1 Å². The van der Waals surface area contributed by atoms with Crippen molar-refractivity contribution < 1.29 is 13.2 Å². The number of aromatic nitrogens is 1. The number of rotatable bonds is 4. The number of piperazine rings is 1. The fourth-order valence-electron chi connectivity index (χ4n) is 3.39. The van der Waals surface area contributed by atoms with Gasteiger partial charge in [0, 0.05) is 51.7 Å². The molecule has 7 nitrogen and oxygen atoms in total. The van der Waals surface area contributed by atoms with Crippen molar-refractivity contribution in [1.29, 1.82) is 0 Å². The number of nitrogens with zero attached hydrogens (tertiary/aromatic N) is 4. The van der Waals surface area contributed by atoms with Crippen LogP contribution in [0.4, 0.5) is 0 Å². The van der Waals surface area contributed by atoms with Gasteiger partial charge in [-0.05, 0) is 25.0 Å². The lowest BCUT2D eigenvalue weighted by molar-refractivity contribution is -0.132. The maximum atomic E-state index is 12.6. The van der Waals surface area contributed by atoms with Crippen molar-refractivity contribution in [3.63, 3.8) is 0 Å². The van der Waals surface area contributed by atoms with Gasteiger partial charge in [0.2, 0.25) is 15.9 Å². The van der Waals surface area contributed by atoms with Gasteiger partial charge in [-0.3, -0.25) is 14.7 Å². The van der Waals surface area contributed by atoms with Crippen molar-refractivity contribution in [2.45, 2.75) is 30.6 Å². The molecule has 1 aromatic rings. The summed E-state index contributed by atoms with van der Waals surface area (Å²) in [5, 5.41) is 0. The van der Waals surface area contributed by atoms with E-state index in [1.54, 1.807) is 18.3 Å². The van der Waals surface area contributed by atoms with Crippen LogP contribution >= 0.6 is 0 Å². The van der Waals surface area contributed by atoms with Crippen LogP contribution in [0.1, 0.15) is 25.7 Å². The van der Waals surface area contributed by atoms with E-state index in [2.05, 4.69) is 9.88 Å². The third kappa shape index (κ3) is 4.56. The van der Waals surface area contributed by atoms with Crippen LogP contribution in [0, 0.1) is 0 Å². The molecule has 0 spiro atoms. The second kappa shape index (κ2) is 8.25. The molecule has 0 atom stereocenters. The molecule has 0 aliphatic carbocycles. The van der Waals surface area contributed by atoms with E-state index in [-0.39, 0.29) is 10.8 Å². The fourth-order valence-corrected chi connectivity index (χ4v) is 4.77. The standard InChI is InChI=1S/C17H26N4O3S/c22-17(20-8-3-1-2-4-9-20)15-19-10-12-21(13-11-19)25(23,24)16-6-5-7-18-14-16/h5-7,14H,1-4,8-13,15H2. The maximum absolute atomic E-state index is 12.6. The second-order valence-corrected chi connectivity index (χ2v) is 8.60. The molecule has 138 valence electrons. The minimum absolute atomic E-state index is 0.172. The van der Waals surface area contributed by atoms with Gasteiger partial charge >= 0.3 is 0 Å². The topological polar surface area (TPSA) is 73.8 Å². The minimum atomic E-state index is -3.49. The smallest absolute Gasteiger partial charge is 0.244 e. The molecule has 0 saturated carbocycles. The van der Waals surface area contributed by atoms with Gasteiger partial charge < -0.3 is 4.90 Å². The summed E-state index contributed by atoms with van der Waals surface area (Å²) in [6.45, 7) is 4.08. The molecule has 0 unspecified atom stereocenters. The first-order valence-electron chi connectivity index (χ1n) is 8.98. The number of sulfonamides is 1. The van der Waals surface area contributed by atoms with Crippen LogP contribution in [0.25, 0.3) is 0 Å². The Labute approximate surface area is 149 Å². The molecule has 2 aliphatic rings. The van der Waals surface area contributed by atoms with Crippen LogP contribution in [0.15, 0.2) is 29.4 Å². The fraction of sp³-hybridized carbons (Fsp3) is 0.647. The second-order valence-electron chi connectivity index (χ2n) is 6.66. The highest BCUT2D eigenvalue weighted by molar-refractivity contribution is 7.89. The Balaban J connectivity index is 1.52. The first-order valence-corrected chi connectivity index (χ1v) is 10.4. The molecule has 0 radical (unpaired) electrons. The van der Waals surface area contributed by atoms with Crippen LogP contribution in [-0.2, 0) is 14.8 Å². The van der Waals surface area contributed by atoms with Crippen molar-refractivity contribution in [2.24, 2.45) is 0 Å². The molecule has 2 aliphatic heterocycles. The molecule has 25 heavy (non-hydrogen) atoms. The third-order valence-electron chi connectivity index (χ3n) is 4.92. The molecule has 3 heterocycles. The maximum Gasteiger partial charge on any atom is 0.244 e. The number of hydrogen-bond acceptors (Lipinski definition) is 5. The highest BCUT2D eigenvalue weighted by atomic mass is 32.2. The first-order chi connectivity index (χ1) is 12.1. The van der Waals surface area contributed by atoms with Gasteiger partial charge in [0.1, 0.15) is 4.90 Å². The van der Waals surface area contributed by atoms with E-state index in [4.69, 9.17) is 0 Å². The van der Waals surface area contributed by atoms with Crippen molar-refractivity contribution in [3.8, 4) is 0 Å². The minimum Gasteiger partial charge on any atom is -0.342 e. The van der Waals surface area contributed by atoms with E-state index < -0.39 is 10.0 Å². The van der Waals surface area contributed by atoms with Gasteiger partial charge in [-0.1, -0.05) is 12.8 Å². The molecular formula is C17H26N4O3S. The van der Waals surface area contributed by atoms with E-state index in [1.165, 1.54) is 23.3 Å². The Morgan fingerprint density at radius 3 is 2.28 bits per heavy atom. The van der Waals surface area contributed by atoms with E-state index in [0.717, 1.165) is 25.9 Å². The zero-order chi connectivity index (χ0) is 17.7. The number of amides is 1. The first kappa shape index (κ1) is 18.3. The summed E-state index contributed by atoms with van der Waals surface area (Å²) in [6.07, 6.45) is 7.52. The van der Waals surface area contributed by atoms with Gasteiger partial charge in [-0.2, -0.15) is 4.31 Å². The molecule has 1 amide bonds. The summed E-state index contributed by atoms with van der Waals surface area (Å²) in [6, 6.07) is 3.20. The Hall–Kier alpha value is -1.51. The molecule has 2 saturated heterocycles. The predicted molar refractivity (Wildman–Crippen MR) is 94.5 cm³/mol. The summed E-state index contributed by atoms with van der Waals surface area (Å²) in [5.41, 5.74) is 0. The van der Waals surface area contributed by atoms with E-state index in [0.29, 0.717) is 32.7 Å². The van der Waals surface area contributed by atoms with Crippen molar-refractivity contribution in [3.05, 3.63) is 24.5 Å². The van der Waals surface area contributed by atoms with Crippen LogP contribution in [-0.4, -0.2) is 79.2 Å². The SMILES string of the molecule is O=C(CN1CCN(S(=O)(=O)c2cccnc2)CC1)N1CCCCCC1. The number of likely N-dealkylation sites (tertiary alicyclic amines) is 1. The molecule has 0 bridgehead atoms. The largest absolute Gasteiger partial charge is 0.342 e. The van der Waals surface area contributed by atoms with E-state index in [1.807, 2.05) is 4.90 Å². The monoisotopic (exact) mass is 366 g/mol. The highest BCUT2D eigenvalue weighted by Crippen LogP contribution is 2.17. The Bertz CT molecular complexity index is 664. The van der Waals surface area contributed by atoms with Crippen LogP contribution in [0.3, 0.4) is 0 Å². The van der Waals surface area contributed by atoms with E-state index in [9.17, 15) is 13.2 Å². The predicted octanol–water partition coefficient (Wildman–Crippen LogP) is 0.790.